The minimum Gasteiger partial charge on any atom is -0.481 e. The lowest BCUT2D eigenvalue weighted by Crippen LogP contribution is -2.11. The molecule has 0 fully saturated rings. The van der Waals surface area contributed by atoms with Gasteiger partial charge in [0.05, 0.1) is 5.69 Å². The fourth-order valence-electron chi connectivity index (χ4n) is 1.77. The van der Waals surface area contributed by atoms with Gasteiger partial charge in [-0.1, -0.05) is 12.1 Å². The van der Waals surface area contributed by atoms with E-state index >= 15 is 0 Å². The quantitative estimate of drug-likeness (QED) is 0.752. The zero-order chi connectivity index (χ0) is 14.4. The predicted octanol–water partition coefficient (Wildman–Crippen LogP) is 2.27. The lowest BCUT2D eigenvalue weighted by molar-refractivity contribution is -0.137. The van der Waals surface area contributed by atoms with E-state index in [9.17, 15) is 9.59 Å². The van der Waals surface area contributed by atoms with Crippen molar-refractivity contribution in [3.8, 4) is 11.3 Å². The summed E-state index contributed by atoms with van der Waals surface area (Å²) < 4.78 is 0. The molecule has 6 nitrogen and oxygen atoms in total. The number of hydrogen-bond acceptors (Lipinski definition) is 3. The molecule has 0 aliphatic rings. The average molecular weight is 273 g/mol. The van der Waals surface area contributed by atoms with Gasteiger partial charge in [-0.3, -0.25) is 14.7 Å². The smallest absolute Gasteiger partial charge is 0.303 e. The summed E-state index contributed by atoms with van der Waals surface area (Å²) in [5.74, 6) is -1.07. The standard InChI is InChI=1S/C14H15N3O3/c18-13(2-1-3-14(19)20)16-11-6-4-10(5-7-11)12-8-9-15-17-12/h4-9H,1-3H2,(H,15,17)(H,16,18)(H,19,20). The molecule has 1 heterocycles. The number of carboxylic acids is 1. The first kappa shape index (κ1) is 13.8. The van der Waals surface area contributed by atoms with Gasteiger partial charge in [-0.15, -0.1) is 0 Å². The second-order valence-electron chi connectivity index (χ2n) is 4.34. The van der Waals surface area contributed by atoms with Crippen LogP contribution in [0.2, 0.25) is 0 Å². The lowest BCUT2D eigenvalue weighted by Gasteiger charge is -2.05. The van der Waals surface area contributed by atoms with E-state index in [-0.39, 0.29) is 18.7 Å². The molecule has 0 aliphatic heterocycles. The molecule has 3 N–H and O–H groups in total. The molecule has 0 spiro atoms. The first-order chi connectivity index (χ1) is 9.65. The first-order valence-corrected chi connectivity index (χ1v) is 6.26. The normalized spacial score (nSPS) is 10.2. The SMILES string of the molecule is O=C(O)CCCC(=O)Nc1ccc(-c2ccn[nH]2)cc1. The molecule has 2 rings (SSSR count). The van der Waals surface area contributed by atoms with Gasteiger partial charge in [0.25, 0.3) is 0 Å². The van der Waals surface area contributed by atoms with Crippen LogP contribution in [-0.4, -0.2) is 27.2 Å². The number of rotatable bonds is 6. The first-order valence-electron chi connectivity index (χ1n) is 6.26. The van der Waals surface area contributed by atoms with Crippen LogP contribution in [0.5, 0.6) is 0 Å². The number of hydrogen-bond donors (Lipinski definition) is 3. The Balaban J connectivity index is 1.87. The minimum absolute atomic E-state index is 0.00613. The van der Waals surface area contributed by atoms with Gasteiger partial charge in [-0.2, -0.15) is 5.10 Å². The molecule has 1 amide bonds. The van der Waals surface area contributed by atoms with E-state index in [2.05, 4.69) is 15.5 Å². The van der Waals surface area contributed by atoms with Crippen molar-refractivity contribution in [2.45, 2.75) is 19.3 Å². The number of aromatic nitrogens is 2. The van der Waals surface area contributed by atoms with Crippen LogP contribution in [0.25, 0.3) is 11.3 Å². The van der Waals surface area contributed by atoms with Crippen molar-refractivity contribution in [3.63, 3.8) is 0 Å². The Labute approximate surface area is 115 Å². The van der Waals surface area contributed by atoms with Crippen molar-refractivity contribution in [2.24, 2.45) is 0 Å². The second-order valence-corrected chi connectivity index (χ2v) is 4.34. The summed E-state index contributed by atoms with van der Waals surface area (Å²) >= 11 is 0. The maximum absolute atomic E-state index is 11.6. The summed E-state index contributed by atoms with van der Waals surface area (Å²) in [5, 5.41) is 18.0. The van der Waals surface area contributed by atoms with Gasteiger partial charge in [0.2, 0.25) is 5.91 Å². The molecule has 0 bridgehead atoms. The fraction of sp³-hybridized carbons (Fsp3) is 0.214. The number of carboxylic acid groups (broad SMARTS) is 1. The van der Waals surface area contributed by atoms with E-state index in [1.807, 2.05) is 18.2 Å². The van der Waals surface area contributed by atoms with E-state index in [1.54, 1.807) is 18.3 Å². The van der Waals surface area contributed by atoms with Gasteiger partial charge in [0.15, 0.2) is 0 Å². The van der Waals surface area contributed by atoms with Gasteiger partial charge in [-0.05, 0) is 30.2 Å². The number of amides is 1. The van der Waals surface area contributed by atoms with Gasteiger partial charge in [0.1, 0.15) is 0 Å². The predicted molar refractivity (Wildman–Crippen MR) is 74.1 cm³/mol. The van der Waals surface area contributed by atoms with E-state index in [4.69, 9.17) is 5.11 Å². The van der Waals surface area contributed by atoms with E-state index in [0.717, 1.165) is 11.3 Å². The van der Waals surface area contributed by atoms with Crippen LogP contribution in [0, 0.1) is 0 Å². The summed E-state index contributed by atoms with van der Waals surface area (Å²) in [6.45, 7) is 0. The third-order valence-electron chi connectivity index (χ3n) is 2.77. The van der Waals surface area contributed by atoms with Crippen LogP contribution in [0.15, 0.2) is 36.5 Å². The molecule has 6 heteroatoms. The van der Waals surface area contributed by atoms with Crippen molar-refractivity contribution in [1.29, 1.82) is 0 Å². The Morgan fingerprint density at radius 2 is 1.90 bits per heavy atom. The third kappa shape index (κ3) is 3.94. The topological polar surface area (TPSA) is 95.1 Å². The molecule has 0 radical (unpaired) electrons. The number of aliphatic carboxylic acids is 1. The van der Waals surface area contributed by atoms with Crippen LogP contribution in [-0.2, 0) is 9.59 Å². The number of anilines is 1. The zero-order valence-corrected chi connectivity index (χ0v) is 10.8. The number of H-pyrrole nitrogens is 1. The summed E-state index contributed by atoms with van der Waals surface area (Å²) in [6.07, 6.45) is 2.22. The summed E-state index contributed by atoms with van der Waals surface area (Å²) in [5.41, 5.74) is 2.57. The number of aromatic amines is 1. The average Bonchev–Trinajstić information content (AvgIpc) is 2.93. The number of carbonyl (C=O) groups excluding carboxylic acids is 1. The molecule has 1 aromatic carbocycles. The highest BCUT2D eigenvalue weighted by atomic mass is 16.4. The monoisotopic (exact) mass is 273 g/mol. The molecule has 0 saturated heterocycles. The number of carbonyl (C=O) groups is 2. The van der Waals surface area contributed by atoms with Gasteiger partial charge < -0.3 is 10.4 Å². The van der Waals surface area contributed by atoms with E-state index < -0.39 is 5.97 Å². The Morgan fingerprint density at radius 3 is 2.50 bits per heavy atom. The van der Waals surface area contributed by atoms with Crippen molar-refractivity contribution < 1.29 is 14.7 Å². The van der Waals surface area contributed by atoms with Crippen LogP contribution in [0.3, 0.4) is 0 Å². The maximum Gasteiger partial charge on any atom is 0.303 e. The summed E-state index contributed by atoms with van der Waals surface area (Å²) in [7, 11) is 0. The van der Waals surface area contributed by atoms with Gasteiger partial charge in [-0.25, -0.2) is 0 Å². The van der Waals surface area contributed by atoms with Crippen LogP contribution in [0.1, 0.15) is 19.3 Å². The lowest BCUT2D eigenvalue weighted by atomic mass is 10.1. The molecule has 20 heavy (non-hydrogen) atoms. The molecule has 104 valence electrons. The summed E-state index contributed by atoms with van der Waals surface area (Å²) in [6, 6.07) is 9.21. The molecule has 0 saturated carbocycles. The third-order valence-corrected chi connectivity index (χ3v) is 2.77. The molecule has 0 atom stereocenters. The minimum atomic E-state index is -0.887. The van der Waals surface area contributed by atoms with Crippen LogP contribution < -0.4 is 5.32 Å². The molecule has 0 unspecified atom stereocenters. The van der Waals surface area contributed by atoms with Crippen molar-refractivity contribution >= 4 is 17.6 Å². The van der Waals surface area contributed by atoms with Crippen LogP contribution in [0.4, 0.5) is 5.69 Å². The Hall–Kier alpha value is -2.63. The number of nitrogens with zero attached hydrogens (tertiary/aromatic N) is 1. The highest BCUT2D eigenvalue weighted by Crippen LogP contribution is 2.19. The van der Waals surface area contributed by atoms with Gasteiger partial charge >= 0.3 is 5.97 Å². The molecule has 1 aromatic heterocycles. The largest absolute Gasteiger partial charge is 0.481 e. The highest BCUT2D eigenvalue weighted by molar-refractivity contribution is 5.91. The van der Waals surface area contributed by atoms with E-state index in [0.29, 0.717) is 12.1 Å². The Kier molecular flexibility index (Phi) is 4.49. The van der Waals surface area contributed by atoms with E-state index in [1.165, 1.54) is 0 Å². The highest BCUT2D eigenvalue weighted by Gasteiger charge is 2.05. The van der Waals surface area contributed by atoms with Crippen molar-refractivity contribution in [3.05, 3.63) is 36.5 Å². The second kappa shape index (κ2) is 6.51. The molecule has 2 aromatic rings. The molecular formula is C14H15N3O3. The fourth-order valence-corrected chi connectivity index (χ4v) is 1.77. The zero-order valence-electron chi connectivity index (χ0n) is 10.8. The molecular weight excluding hydrogens is 258 g/mol. The van der Waals surface area contributed by atoms with Crippen molar-refractivity contribution in [2.75, 3.05) is 5.32 Å². The molecule has 0 aliphatic carbocycles. The van der Waals surface area contributed by atoms with Crippen molar-refractivity contribution in [1.82, 2.24) is 10.2 Å². The summed E-state index contributed by atoms with van der Waals surface area (Å²) in [4.78, 5) is 21.9. The Morgan fingerprint density at radius 1 is 1.15 bits per heavy atom. The maximum atomic E-state index is 11.6. The Bertz CT molecular complexity index is 576. The number of nitrogens with one attached hydrogen (secondary N) is 2. The van der Waals surface area contributed by atoms with Crippen LogP contribution >= 0.6 is 0 Å². The number of benzene rings is 1. The van der Waals surface area contributed by atoms with Gasteiger partial charge in [0, 0.05) is 24.7 Å².